The summed E-state index contributed by atoms with van der Waals surface area (Å²) in [5, 5.41) is 0. The quantitative estimate of drug-likeness (QED) is 0.303. The number of hydrogen-bond donors (Lipinski definition) is 0. The highest BCUT2D eigenvalue weighted by atomic mass is 19.4. The van der Waals surface area contributed by atoms with Gasteiger partial charge in [-0.1, -0.05) is 38.7 Å². The van der Waals surface area contributed by atoms with Crippen LogP contribution in [0.1, 0.15) is 93.7 Å². The zero-order valence-corrected chi connectivity index (χ0v) is 21.5. The van der Waals surface area contributed by atoms with Crippen molar-refractivity contribution in [3.05, 3.63) is 64.2 Å². The van der Waals surface area contributed by atoms with E-state index >= 15 is 0 Å². The van der Waals surface area contributed by atoms with Crippen molar-refractivity contribution in [3.8, 4) is 5.75 Å². The van der Waals surface area contributed by atoms with Gasteiger partial charge in [-0.25, -0.2) is 17.6 Å². The number of rotatable bonds is 7. The van der Waals surface area contributed by atoms with Crippen LogP contribution < -0.4 is 4.74 Å². The molecule has 2 aliphatic carbocycles. The van der Waals surface area contributed by atoms with E-state index in [9.17, 15) is 39.5 Å². The fraction of sp³-hybridized carbons (Fsp3) is 0.586. The molecule has 1 nitrogen and oxygen atoms in total. The molecule has 0 N–H and O–H groups in total. The van der Waals surface area contributed by atoms with Crippen LogP contribution in [0.15, 0.2) is 24.3 Å². The first-order valence-electron chi connectivity index (χ1n) is 13.4. The van der Waals surface area contributed by atoms with Crippen molar-refractivity contribution >= 4 is 0 Å². The summed E-state index contributed by atoms with van der Waals surface area (Å²) < 4.78 is 129. The second-order valence-electron chi connectivity index (χ2n) is 10.9. The molecule has 0 saturated heterocycles. The first-order valence-corrected chi connectivity index (χ1v) is 13.4. The minimum atomic E-state index is -5.41. The van der Waals surface area contributed by atoms with Crippen LogP contribution in [0.2, 0.25) is 0 Å². The van der Waals surface area contributed by atoms with Crippen LogP contribution in [0, 0.1) is 41.0 Å². The standard InChI is InChI=1S/C29H31F9O/c1-2-3-16-4-6-17(7-5-16)18-8-10-19(11-9-18)21-12-13-22(27(33)26(21)32)29(37,38)39-20-14-23(30)25(24(31)15-20)28(34,35)36/h12-19H,2-11H2,1H3. The molecule has 4 rings (SSSR count). The van der Waals surface area contributed by atoms with E-state index in [-0.39, 0.29) is 23.6 Å². The maximum Gasteiger partial charge on any atom is 0.429 e. The van der Waals surface area contributed by atoms with Crippen molar-refractivity contribution < 1.29 is 44.3 Å². The Morgan fingerprint density at radius 2 is 1.28 bits per heavy atom. The SMILES string of the molecule is CCCC1CCC(C2CCC(c3ccc(C(F)(F)Oc4cc(F)c(C(F)(F)F)c(F)c4)c(F)c3F)CC2)CC1. The van der Waals surface area contributed by atoms with E-state index in [1.807, 2.05) is 0 Å². The van der Waals surface area contributed by atoms with Crippen LogP contribution in [0.4, 0.5) is 39.5 Å². The van der Waals surface area contributed by atoms with Gasteiger partial charge in [-0.2, -0.15) is 22.0 Å². The Hall–Kier alpha value is -2.39. The molecule has 0 aromatic heterocycles. The number of hydrogen-bond acceptors (Lipinski definition) is 1. The minimum Gasteiger partial charge on any atom is -0.429 e. The molecule has 2 aromatic rings. The summed E-state index contributed by atoms with van der Waals surface area (Å²) in [6.45, 7) is 2.19. The normalized spacial score (nSPS) is 24.6. The Balaban J connectivity index is 1.44. The van der Waals surface area contributed by atoms with Gasteiger partial charge in [-0.05, 0) is 73.8 Å². The molecular weight excluding hydrogens is 535 g/mol. The van der Waals surface area contributed by atoms with E-state index in [4.69, 9.17) is 0 Å². The summed E-state index contributed by atoms with van der Waals surface area (Å²) in [4.78, 5) is 0. The van der Waals surface area contributed by atoms with Gasteiger partial charge < -0.3 is 4.74 Å². The summed E-state index contributed by atoms with van der Waals surface area (Å²) in [5.41, 5.74) is -3.83. The Morgan fingerprint density at radius 1 is 0.744 bits per heavy atom. The fourth-order valence-corrected chi connectivity index (χ4v) is 6.45. The van der Waals surface area contributed by atoms with Crippen LogP contribution >= 0.6 is 0 Å². The third-order valence-electron chi connectivity index (χ3n) is 8.44. The van der Waals surface area contributed by atoms with Gasteiger partial charge in [0.25, 0.3) is 0 Å². The molecule has 0 heterocycles. The number of ether oxygens (including phenoxy) is 1. The lowest BCUT2D eigenvalue weighted by Crippen LogP contribution is -2.27. The van der Waals surface area contributed by atoms with Gasteiger partial charge in [-0.3, -0.25) is 0 Å². The Bertz CT molecular complexity index is 1120. The summed E-state index contributed by atoms with van der Waals surface area (Å²) in [6.07, 6.45) is 0.126. The molecule has 0 aliphatic heterocycles. The third-order valence-corrected chi connectivity index (χ3v) is 8.44. The van der Waals surface area contributed by atoms with Gasteiger partial charge in [0.2, 0.25) is 0 Å². The maximum atomic E-state index is 15.0. The van der Waals surface area contributed by atoms with Crippen molar-refractivity contribution in [2.45, 2.75) is 89.3 Å². The predicted molar refractivity (Wildman–Crippen MR) is 127 cm³/mol. The predicted octanol–water partition coefficient (Wildman–Crippen LogP) is 10.3. The summed E-state index contributed by atoms with van der Waals surface area (Å²) in [6, 6.07) is 1.53. The topological polar surface area (TPSA) is 9.23 Å². The number of alkyl halides is 5. The molecule has 0 atom stereocenters. The van der Waals surface area contributed by atoms with Gasteiger partial charge in [-0.15, -0.1) is 0 Å². The van der Waals surface area contributed by atoms with Crippen molar-refractivity contribution in [2.24, 2.45) is 17.8 Å². The molecule has 39 heavy (non-hydrogen) atoms. The molecule has 2 aromatic carbocycles. The highest BCUT2D eigenvalue weighted by Gasteiger charge is 2.42. The molecule has 0 amide bonds. The van der Waals surface area contributed by atoms with Crippen molar-refractivity contribution in [2.75, 3.05) is 0 Å². The Morgan fingerprint density at radius 3 is 1.79 bits per heavy atom. The molecular formula is C29H31F9O. The van der Waals surface area contributed by atoms with E-state index < -0.39 is 52.4 Å². The molecule has 0 radical (unpaired) electrons. The Kier molecular flexibility index (Phi) is 8.81. The molecule has 10 heteroatoms. The van der Waals surface area contributed by atoms with Crippen LogP contribution in [-0.2, 0) is 12.3 Å². The molecule has 0 unspecified atom stereocenters. The molecule has 2 aliphatic rings. The fourth-order valence-electron chi connectivity index (χ4n) is 6.45. The average molecular weight is 567 g/mol. The highest BCUT2D eigenvalue weighted by Crippen LogP contribution is 2.46. The van der Waals surface area contributed by atoms with Gasteiger partial charge in [0, 0.05) is 12.1 Å². The monoisotopic (exact) mass is 566 g/mol. The van der Waals surface area contributed by atoms with Gasteiger partial charge in [0.1, 0.15) is 28.5 Å². The van der Waals surface area contributed by atoms with E-state index in [1.54, 1.807) is 0 Å². The summed E-state index contributed by atoms with van der Waals surface area (Å²) in [7, 11) is 0. The van der Waals surface area contributed by atoms with E-state index in [2.05, 4.69) is 11.7 Å². The zero-order valence-electron chi connectivity index (χ0n) is 21.5. The van der Waals surface area contributed by atoms with E-state index in [0.29, 0.717) is 30.7 Å². The van der Waals surface area contributed by atoms with E-state index in [0.717, 1.165) is 24.8 Å². The zero-order chi connectivity index (χ0) is 28.5. The van der Waals surface area contributed by atoms with Crippen LogP contribution in [-0.4, -0.2) is 0 Å². The molecule has 2 saturated carbocycles. The summed E-state index contributed by atoms with van der Waals surface area (Å²) in [5.74, 6) is -7.41. The van der Waals surface area contributed by atoms with Gasteiger partial charge in [0.05, 0.1) is 0 Å². The average Bonchev–Trinajstić information content (AvgIpc) is 2.85. The largest absolute Gasteiger partial charge is 0.429 e. The lowest BCUT2D eigenvalue weighted by molar-refractivity contribution is -0.188. The second kappa shape index (κ2) is 11.6. The van der Waals surface area contributed by atoms with Crippen LogP contribution in [0.5, 0.6) is 5.75 Å². The van der Waals surface area contributed by atoms with Crippen molar-refractivity contribution in [1.82, 2.24) is 0 Å². The Labute approximate surface area is 221 Å². The smallest absolute Gasteiger partial charge is 0.429 e. The van der Waals surface area contributed by atoms with E-state index in [1.165, 1.54) is 38.5 Å². The van der Waals surface area contributed by atoms with Crippen LogP contribution in [0.3, 0.4) is 0 Å². The third kappa shape index (κ3) is 6.51. The number of benzene rings is 2. The lowest BCUT2D eigenvalue weighted by Gasteiger charge is -2.38. The van der Waals surface area contributed by atoms with Crippen LogP contribution in [0.25, 0.3) is 0 Å². The van der Waals surface area contributed by atoms with Gasteiger partial charge >= 0.3 is 12.3 Å². The first kappa shape index (κ1) is 29.6. The molecule has 2 fully saturated rings. The van der Waals surface area contributed by atoms with Crippen molar-refractivity contribution in [3.63, 3.8) is 0 Å². The highest BCUT2D eigenvalue weighted by molar-refractivity contribution is 5.35. The minimum absolute atomic E-state index is 0.0243. The van der Waals surface area contributed by atoms with Gasteiger partial charge in [0.15, 0.2) is 11.6 Å². The first-order chi connectivity index (χ1) is 18.3. The molecule has 216 valence electrons. The second-order valence-corrected chi connectivity index (χ2v) is 10.9. The molecule has 0 spiro atoms. The molecule has 0 bridgehead atoms. The number of halogens is 9. The lowest BCUT2D eigenvalue weighted by atomic mass is 9.68. The van der Waals surface area contributed by atoms with Crippen molar-refractivity contribution in [1.29, 1.82) is 0 Å². The maximum absolute atomic E-state index is 15.0. The summed E-state index contributed by atoms with van der Waals surface area (Å²) >= 11 is 0.